The van der Waals surface area contributed by atoms with E-state index in [1.54, 1.807) is 0 Å². The Morgan fingerprint density at radius 2 is 2.00 bits per heavy atom. The van der Waals surface area contributed by atoms with Gasteiger partial charge in [-0.1, -0.05) is 19.1 Å². The van der Waals surface area contributed by atoms with Crippen LogP contribution in [0.5, 0.6) is 0 Å². The van der Waals surface area contributed by atoms with Crippen molar-refractivity contribution in [3.05, 3.63) is 30.1 Å². The van der Waals surface area contributed by atoms with Crippen LogP contribution in [0.4, 0.5) is 0 Å². The van der Waals surface area contributed by atoms with Gasteiger partial charge in [0.2, 0.25) is 0 Å². The number of fused-ring (bicyclic) bond motifs is 1. The van der Waals surface area contributed by atoms with Crippen molar-refractivity contribution in [1.29, 1.82) is 0 Å². The molecule has 3 nitrogen and oxygen atoms in total. The highest BCUT2D eigenvalue weighted by Crippen LogP contribution is 2.17. The van der Waals surface area contributed by atoms with Gasteiger partial charge in [0.25, 0.3) is 0 Å². The maximum atomic E-state index is 9.51. The van der Waals surface area contributed by atoms with E-state index in [9.17, 15) is 5.11 Å². The van der Waals surface area contributed by atoms with Gasteiger partial charge < -0.3 is 9.67 Å². The number of aryl methyl sites for hydroxylation is 1. The molecule has 0 aliphatic rings. The lowest BCUT2D eigenvalue weighted by atomic mass is 10.0. The highest BCUT2D eigenvalue weighted by molar-refractivity contribution is 5.75. The molecule has 0 amide bonds. The van der Waals surface area contributed by atoms with Crippen LogP contribution in [0, 0.1) is 5.92 Å². The topological polar surface area (TPSA) is 38.1 Å². The molecule has 0 saturated heterocycles. The molecule has 1 aromatic carbocycles. The van der Waals surface area contributed by atoms with Crippen LogP contribution in [-0.4, -0.2) is 20.8 Å². The van der Waals surface area contributed by atoms with Crippen LogP contribution >= 0.6 is 0 Å². The Morgan fingerprint density at radius 3 is 2.62 bits per heavy atom. The molecule has 0 aliphatic carbocycles. The first-order chi connectivity index (χ1) is 7.59. The first-order valence-corrected chi connectivity index (χ1v) is 5.68. The molecule has 0 radical (unpaired) electrons. The summed E-state index contributed by atoms with van der Waals surface area (Å²) in [5, 5.41) is 9.51. The lowest BCUT2D eigenvalue weighted by Crippen LogP contribution is -2.17. The normalized spacial score (nSPS) is 15.2. The largest absolute Gasteiger partial charge is 0.393 e. The molecule has 2 aromatic rings. The highest BCUT2D eigenvalue weighted by atomic mass is 16.3. The average Bonchev–Trinajstić information content (AvgIpc) is 2.56. The minimum Gasteiger partial charge on any atom is -0.393 e. The van der Waals surface area contributed by atoms with Crippen molar-refractivity contribution < 1.29 is 5.11 Å². The molecule has 0 aliphatic heterocycles. The van der Waals surface area contributed by atoms with Crippen molar-refractivity contribution >= 4 is 11.0 Å². The summed E-state index contributed by atoms with van der Waals surface area (Å²) in [6, 6.07) is 8.11. The number of imidazole rings is 1. The number of aliphatic hydroxyl groups excluding tert-OH is 1. The fourth-order valence-electron chi connectivity index (χ4n) is 1.84. The van der Waals surface area contributed by atoms with Crippen molar-refractivity contribution in [2.45, 2.75) is 26.4 Å². The second-order valence-corrected chi connectivity index (χ2v) is 4.50. The molecule has 1 aromatic heterocycles. The Labute approximate surface area is 95.7 Å². The molecule has 86 valence electrons. The Hall–Kier alpha value is -1.35. The van der Waals surface area contributed by atoms with Gasteiger partial charge in [-0.05, 0) is 25.0 Å². The number of hydrogen-bond acceptors (Lipinski definition) is 2. The van der Waals surface area contributed by atoms with E-state index in [1.165, 1.54) is 0 Å². The molecule has 0 saturated carbocycles. The zero-order valence-electron chi connectivity index (χ0n) is 10.0. The zero-order valence-corrected chi connectivity index (χ0v) is 10.0. The van der Waals surface area contributed by atoms with Gasteiger partial charge in [-0.25, -0.2) is 4.98 Å². The molecule has 0 bridgehead atoms. The van der Waals surface area contributed by atoms with E-state index in [0.29, 0.717) is 0 Å². The monoisotopic (exact) mass is 218 g/mol. The third kappa shape index (κ3) is 1.95. The first-order valence-electron chi connectivity index (χ1n) is 5.68. The van der Waals surface area contributed by atoms with E-state index in [1.807, 2.05) is 39.1 Å². The van der Waals surface area contributed by atoms with E-state index in [2.05, 4.69) is 15.6 Å². The second-order valence-electron chi connectivity index (χ2n) is 4.50. The van der Waals surface area contributed by atoms with Crippen molar-refractivity contribution in [3.63, 3.8) is 0 Å². The second kappa shape index (κ2) is 4.26. The summed E-state index contributed by atoms with van der Waals surface area (Å²) >= 11 is 0. The predicted octanol–water partition coefficient (Wildman–Crippen LogP) is 2.13. The van der Waals surface area contributed by atoms with Crippen LogP contribution in [0.25, 0.3) is 11.0 Å². The summed E-state index contributed by atoms with van der Waals surface area (Å²) < 4.78 is 2.11. The van der Waals surface area contributed by atoms with Gasteiger partial charge in [0, 0.05) is 13.5 Å². The van der Waals surface area contributed by atoms with Gasteiger partial charge in [0.1, 0.15) is 5.82 Å². The number of benzene rings is 1. The van der Waals surface area contributed by atoms with E-state index in [-0.39, 0.29) is 12.0 Å². The summed E-state index contributed by atoms with van der Waals surface area (Å²) in [4.78, 5) is 4.59. The Balaban J connectivity index is 2.35. The maximum absolute atomic E-state index is 9.51. The predicted molar refractivity (Wildman–Crippen MR) is 65.3 cm³/mol. The van der Waals surface area contributed by atoms with Crippen LogP contribution in [0.2, 0.25) is 0 Å². The van der Waals surface area contributed by atoms with E-state index >= 15 is 0 Å². The van der Waals surface area contributed by atoms with Crippen LogP contribution in [0.3, 0.4) is 0 Å². The molecule has 2 unspecified atom stereocenters. The zero-order chi connectivity index (χ0) is 11.7. The van der Waals surface area contributed by atoms with Crippen LogP contribution < -0.4 is 0 Å². The third-order valence-corrected chi connectivity index (χ3v) is 3.21. The molecule has 2 rings (SSSR count). The molecule has 0 fully saturated rings. The number of para-hydroxylation sites is 2. The smallest absolute Gasteiger partial charge is 0.109 e. The molecule has 3 heteroatoms. The highest BCUT2D eigenvalue weighted by Gasteiger charge is 2.14. The Bertz CT molecular complexity index is 488. The third-order valence-electron chi connectivity index (χ3n) is 3.21. The van der Waals surface area contributed by atoms with Gasteiger partial charge >= 0.3 is 0 Å². The van der Waals surface area contributed by atoms with Crippen LogP contribution in [-0.2, 0) is 13.5 Å². The Morgan fingerprint density at radius 1 is 1.31 bits per heavy atom. The van der Waals surface area contributed by atoms with Gasteiger partial charge in [0.15, 0.2) is 0 Å². The van der Waals surface area contributed by atoms with E-state index < -0.39 is 0 Å². The molecule has 2 atom stereocenters. The van der Waals surface area contributed by atoms with Crippen molar-refractivity contribution in [2.24, 2.45) is 13.0 Å². The van der Waals surface area contributed by atoms with Crippen molar-refractivity contribution in [3.8, 4) is 0 Å². The molecule has 1 heterocycles. The lowest BCUT2D eigenvalue weighted by molar-refractivity contribution is 0.133. The molecular weight excluding hydrogens is 200 g/mol. The van der Waals surface area contributed by atoms with Crippen molar-refractivity contribution in [2.75, 3.05) is 0 Å². The van der Waals surface area contributed by atoms with E-state index in [4.69, 9.17) is 0 Å². The molecule has 1 N–H and O–H groups in total. The first kappa shape index (κ1) is 11.1. The van der Waals surface area contributed by atoms with Gasteiger partial charge in [-0.15, -0.1) is 0 Å². The number of hydrogen-bond donors (Lipinski definition) is 1. The minimum atomic E-state index is -0.292. The van der Waals surface area contributed by atoms with Crippen LogP contribution in [0.1, 0.15) is 19.7 Å². The molecule has 16 heavy (non-hydrogen) atoms. The number of aliphatic hydroxyl groups is 1. The summed E-state index contributed by atoms with van der Waals surface area (Å²) in [5.74, 6) is 1.27. The average molecular weight is 218 g/mol. The van der Waals surface area contributed by atoms with E-state index in [0.717, 1.165) is 23.3 Å². The fourth-order valence-corrected chi connectivity index (χ4v) is 1.84. The summed E-state index contributed by atoms with van der Waals surface area (Å²) in [6.07, 6.45) is 0.517. The molecule has 0 spiro atoms. The summed E-state index contributed by atoms with van der Waals surface area (Å²) in [6.45, 7) is 3.87. The molecular formula is C13H18N2O. The number of aromatic nitrogens is 2. The van der Waals surface area contributed by atoms with Crippen molar-refractivity contribution in [1.82, 2.24) is 9.55 Å². The number of rotatable bonds is 3. The Kier molecular flexibility index (Phi) is 2.97. The summed E-state index contributed by atoms with van der Waals surface area (Å²) in [5.41, 5.74) is 2.17. The SMILES string of the molecule is CC(O)C(C)Cc1nc2ccccc2n1C. The van der Waals surface area contributed by atoms with Crippen LogP contribution in [0.15, 0.2) is 24.3 Å². The minimum absolute atomic E-state index is 0.232. The number of nitrogens with zero attached hydrogens (tertiary/aromatic N) is 2. The van der Waals surface area contributed by atoms with Gasteiger partial charge in [-0.2, -0.15) is 0 Å². The maximum Gasteiger partial charge on any atom is 0.109 e. The van der Waals surface area contributed by atoms with Gasteiger partial charge in [-0.3, -0.25) is 0 Å². The lowest BCUT2D eigenvalue weighted by Gasteiger charge is -2.13. The standard InChI is InChI=1S/C13H18N2O/c1-9(10(2)16)8-13-14-11-6-4-5-7-12(11)15(13)3/h4-7,9-10,16H,8H2,1-3H3. The quantitative estimate of drug-likeness (QED) is 0.857. The summed E-state index contributed by atoms with van der Waals surface area (Å²) in [7, 11) is 2.03. The fraction of sp³-hybridized carbons (Fsp3) is 0.462. The van der Waals surface area contributed by atoms with Gasteiger partial charge in [0.05, 0.1) is 17.1 Å².